The lowest BCUT2D eigenvalue weighted by Gasteiger charge is -2.17. The van der Waals surface area contributed by atoms with Crippen molar-refractivity contribution >= 4 is 5.97 Å². The van der Waals surface area contributed by atoms with Crippen LogP contribution in [0.2, 0.25) is 0 Å². The standard InChI is InChI=1S/C14H20O3/c1-10(2)9-13(14(15)17-4)11-5-7-12(16-3)8-6-11/h5-8,10,13H,9H2,1-4H3. The summed E-state index contributed by atoms with van der Waals surface area (Å²) in [5.41, 5.74) is 0.978. The third-order valence-corrected chi connectivity index (χ3v) is 2.71. The smallest absolute Gasteiger partial charge is 0.313 e. The highest BCUT2D eigenvalue weighted by Crippen LogP contribution is 2.26. The molecule has 1 rings (SSSR count). The molecule has 0 aliphatic rings. The predicted molar refractivity (Wildman–Crippen MR) is 67.2 cm³/mol. The van der Waals surface area contributed by atoms with Gasteiger partial charge in [-0.1, -0.05) is 26.0 Å². The van der Waals surface area contributed by atoms with Gasteiger partial charge in [0.2, 0.25) is 0 Å². The van der Waals surface area contributed by atoms with Crippen LogP contribution < -0.4 is 4.74 Å². The zero-order chi connectivity index (χ0) is 12.8. The normalized spacial score (nSPS) is 12.3. The first kappa shape index (κ1) is 13.6. The maximum absolute atomic E-state index is 11.7. The summed E-state index contributed by atoms with van der Waals surface area (Å²) >= 11 is 0. The molecular formula is C14H20O3. The molecule has 94 valence electrons. The second kappa shape index (κ2) is 6.28. The van der Waals surface area contributed by atoms with Crippen molar-refractivity contribution in [3.8, 4) is 5.75 Å². The maximum atomic E-state index is 11.7. The van der Waals surface area contributed by atoms with Gasteiger partial charge in [-0.25, -0.2) is 0 Å². The molecule has 1 atom stereocenters. The molecule has 1 aromatic carbocycles. The van der Waals surface area contributed by atoms with Gasteiger partial charge in [0.15, 0.2) is 0 Å². The summed E-state index contributed by atoms with van der Waals surface area (Å²) in [7, 11) is 3.06. The van der Waals surface area contributed by atoms with Crippen LogP contribution in [-0.2, 0) is 9.53 Å². The fourth-order valence-electron chi connectivity index (χ4n) is 1.82. The summed E-state index contributed by atoms with van der Waals surface area (Å²) in [6, 6.07) is 7.57. The summed E-state index contributed by atoms with van der Waals surface area (Å²) in [5, 5.41) is 0. The van der Waals surface area contributed by atoms with Crippen molar-refractivity contribution in [1.29, 1.82) is 0 Å². The highest BCUT2D eigenvalue weighted by Gasteiger charge is 2.22. The number of methoxy groups -OCH3 is 2. The molecule has 3 nitrogen and oxygen atoms in total. The van der Waals surface area contributed by atoms with Gasteiger partial charge < -0.3 is 9.47 Å². The Kier molecular flexibility index (Phi) is 5.01. The van der Waals surface area contributed by atoms with Crippen LogP contribution in [0, 0.1) is 5.92 Å². The molecule has 0 aliphatic heterocycles. The van der Waals surface area contributed by atoms with Gasteiger partial charge in [0, 0.05) is 0 Å². The average Bonchev–Trinajstić information content (AvgIpc) is 2.35. The Morgan fingerprint density at radius 3 is 2.18 bits per heavy atom. The Labute approximate surface area is 103 Å². The number of benzene rings is 1. The van der Waals surface area contributed by atoms with E-state index in [2.05, 4.69) is 13.8 Å². The second-order valence-electron chi connectivity index (χ2n) is 4.48. The van der Waals surface area contributed by atoms with E-state index >= 15 is 0 Å². The largest absolute Gasteiger partial charge is 0.497 e. The van der Waals surface area contributed by atoms with Crippen LogP contribution in [0.4, 0.5) is 0 Å². The van der Waals surface area contributed by atoms with Crippen molar-refractivity contribution in [1.82, 2.24) is 0 Å². The monoisotopic (exact) mass is 236 g/mol. The van der Waals surface area contributed by atoms with E-state index in [-0.39, 0.29) is 11.9 Å². The first-order chi connectivity index (χ1) is 8.08. The average molecular weight is 236 g/mol. The molecule has 0 aromatic heterocycles. The minimum absolute atomic E-state index is 0.177. The predicted octanol–water partition coefficient (Wildman–Crippen LogP) is 3.00. The van der Waals surface area contributed by atoms with E-state index in [9.17, 15) is 4.79 Å². The van der Waals surface area contributed by atoms with E-state index in [4.69, 9.17) is 9.47 Å². The van der Waals surface area contributed by atoms with Crippen molar-refractivity contribution < 1.29 is 14.3 Å². The Hall–Kier alpha value is -1.51. The van der Waals surface area contributed by atoms with Crippen LogP contribution in [0.15, 0.2) is 24.3 Å². The van der Waals surface area contributed by atoms with Gasteiger partial charge in [0.05, 0.1) is 20.1 Å². The molecule has 0 saturated heterocycles. The third-order valence-electron chi connectivity index (χ3n) is 2.71. The van der Waals surface area contributed by atoms with Crippen molar-refractivity contribution in [3.63, 3.8) is 0 Å². The molecule has 3 heteroatoms. The van der Waals surface area contributed by atoms with Crippen molar-refractivity contribution in [2.45, 2.75) is 26.2 Å². The summed E-state index contributed by atoms with van der Waals surface area (Å²) in [4.78, 5) is 11.7. The first-order valence-corrected chi connectivity index (χ1v) is 5.80. The minimum atomic E-state index is -0.189. The summed E-state index contributed by atoms with van der Waals surface area (Å²) in [6.45, 7) is 4.19. The summed E-state index contributed by atoms with van der Waals surface area (Å²) in [5.74, 6) is 0.873. The lowest BCUT2D eigenvalue weighted by Crippen LogP contribution is -2.16. The van der Waals surface area contributed by atoms with E-state index in [1.165, 1.54) is 7.11 Å². The van der Waals surface area contributed by atoms with Crippen LogP contribution in [0.1, 0.15) is 31.7 Å². The molecule has 0 bridgehead atoms. The summed E-state index contributed by atoms with van der Waals surface area (Å²) in [6.07, 6.45) is 0.791. The fraction of sp³-hybridized carbons (Fsp3) is 0.500. The SMILES string of the molecule is COC(=O)C(CC(C)C)c1ccc(OC)cc1. The second-order valence-corrected chi connectivity index (χ2v) is 4.48. The quantitative estimate of drug-likeness (QED) is 0.737. The topological polar surface area (TPSA) is 35.5 Å². The van der Waals surface area contributed by atoms with Crippen LogP contribution in [0.5, 0.6) is 5.75 Å². The molecule has 0 N–H and O–H groups in total. The number of hydrogen-bond acceptors (Lipinski definition) is 3. The maximum Gasteiger partial charge on any atom is 0.313 e. The minimum Gasteiger partial charge on any atom is -0.497 e. The highest BCUT2D eigenvalue weighted by molar-refractivity contribution is 5.78. The highest BCUT2D eigenvalue weighted by atomic mass is 16.5. The molecule has 0 saturated carbocycles. The van der Waals surface area contributed by atoms with Crippen molar-refractivity contribution in [3.05, 3.63) is 29.8 Å². The molecule has 0 amide bonds. The van der Waals surface area contributed by atoms with Crippen LogP contribution in [-0.4, -0.2) is 20.2 Å². The van der Waals surface area contributed by atoms with E-state index in [0.29, 0.717) is 5.92 Å². The Morgan fingerprint density at radius 1 is 1.18 bits per heavy atom. The zero-order valence-corrected chi connectivity index (χ0v) is 10.9. The van der Waals surface area contributed by atoms with Crippen LogP contribution >= 0.6 is 0 Å². The Morgan fingerprint density at radius 2 is 1.76 bits per heavy atom. The Balaban J connectivity index is 2.91. The van der Waals surface area contributed by atoms with E-state index in [0.717, 1.165) is 17.7 Å². The lowest BCUT2D eigenvalue weighted by molar-refractivity contribution is -0.142. The molecule has 1 unspecified atom stereocenters. The van der Waals surface area contributed by atoms with E-state index in [1.54, 1.807) is 7.11 Å². The van der Waals surface area contributed by atoms with Gasteiger partial charge in [-0.2, -0.15) is 0 Å². The van der Waals surface area contributed by atoms with Gasteiger partial charge in [0.25, 0.3) is 0 Å². The molecular weight excluding hydrogens is 216 g/mol. The number of esters is 1. The number of rotatable bonds is 5. The number of carbonyl (C=O) groups is 1. The van der Waals surface area contributed by atoms with Gasteiger partial charge in [-0.05, 0) is 30.0 Å². The van der Waals surface area contributed by atoms with E-state index < -0.39 is 0 Å². The third kappa shape index (κ3) is 3.77. The molecule has 0 radical (unpaired) electrons. The molecule has 0 aliphatic carbocycles. The lowest BCUT2D eigenvalue weighted by atomic mass is 9.90. The molecule has 17 heavy (non-hydrogen) atoms. The van der Waals surface area contributed by atoms with Gasteiger partial charge in [-0.3, -0.25) is 4.79 Å². The fourth-order valence-corrected chi connectivity index (χ4v) is 1.82. The van der Waals surface area contributed by atoms with Crippen molar-refractivity contribution in [2.75, 3.05) is 14.2 Å². The molecule has 0 heterocycles. The van der Waals surface area contributed by atoms with Crippen molar-refractivity contribution in [2.24, 2.45) is 5.92 Å². The number of hydrogen-bond donors (Lipinski definition) is 0. The van der Waals surface area contributed by atoms with Gasteiger partial charge in [-0.15, -0.1) is 0 Å². The first-order valence-electron chi connectivity index (χ1n) is 5.80. The Bertz CT molecular complexity index is 354. The number of carbonyl (C=O) groups excluding carboxylic acids is 1. The molecule has 0 fully saturated rings. The van der Waals surface area contributed by atoms with Crippen LogP contribution in [0.3, 0.4) is 0 Å². The van der Waals surface area contributed by atoms with Gasteiger partial charge >= 0.3 is 5.97 Å². The van der Waals surface area contributed by atoms with Crippen LogP contribution in [0.25, 0.3) is 0 Å². The number of ether oxygens (including phenoxy) is 2. The molecule has 0 spiro atoms. The zero-order valence-electron chi connectivity index (χ0n) is 10.9. The molecule has 1 aromatic rings. The van der Waals surface area contributed by atoms with E-state index in [1.807, 2.05) is 24.3 Å². The van der Waals surface area contributed by atoms with Gasteiger partial charge in [0.1, 0.15) is 5.75 Å². The summed E-state index contributed by atoms with van der Waals surface area (Å²) < 4.78 is 9.95.